The first-order chi connectivity index (χ1) is 9.65. The van der Waals surface area contributed by atoms with Crippen LogP contribution in [0.15, 0.2) is 23.3 Å². The Hall–Kier alpha value is -1.28. The van der Waals surface area contributed by atoms with Crippen molar-refractivity contribution in [2.45, 2.75) is 5.75 Å². The van der Waals surface area contributed by atoms with Gasteiger partial charge < -0.3 is 4.74 Å². The van der Waals surface area contributed by atoms with Crippen molar-refractivity contribution in [1.82, 2.24) is 4.98 Å². The minimum absolute atomic E-state index is 0.191. The lowest BCUT2D eigenvalue weighted by Gasteiger charge is -2.03. The second kappa shape index (κ2) is 9.60. The van der Waals surface area contributed by atoms with Gasteiger partial charge in [0, 0.05) is 35.2 Å². The first kappa shape index (κ1) is 16.8. The van der Waals surface area contributed by atoms with Gasteiger partial charge in [-0.3, -0.25) is 20.1 Å². The molecule has 0 radical (unpaired) electrons. The molecule has 0 aliphatic carbocycles. The zero-order valence-electron chi connectivity index (χ0n) is 11.4. The lowest BCUT2D eigenvalue weighted by Crippen LogP contribution is -2.11. The Morgan fingerprint density at radius 1 is 1.60 bits per heavy atom. The topological polar surface area (TPSA) is 77.6 Å². The van der Waals surface area contributed by atoms with Crippen molar-refractivity contribution in [1.29, 1.82) is 0 Å². The van der Waals surface area contributed by atoms with Crippen LogP contribution in [0.2, 0.25) is 0 Å². The van der Waals surface area contributed by atoms with E-state index in [4.69, 9.17) is 4.74 Å². The minimum Gasteiger partial charge on any atom is -0.497 e. The van der Waals surface area contributed by atoms with Gasteiger partial charge in [-0.2, -0.15) is 11.8 Å². The molecule has 0 saturated heterocycles. The number of thioether (sulfide) groups is 2. The molecular weight excluding hydrogens is 298 g/mol. The van der Waals surface area contributed by atoms with Crippen molar-refractivity contribution in [3.63, 3.8) is 0 Å². The monoisotopic (exact) mass is 315 g/mol. The number of nitrogens with zero attached hydrogens (tertiary/aromatic N) is 3. The first-order valence-electron chi connectivity index (χ1n) is 5.91. The van der Waals surface area contributed by atoms with Gasteiger partial charge in [0.05, 0.1) is 12.8 Å². The fourth-order valence-corrected chi connectivity index (χ4v) is 2.55. The van der Waals surface area contributed by atoms with Crippen molar-refractivity contribution in [3.05, 3.63) is 34.1 Å². The first-order valence-corrected chi connectivity index (χ1v) is 8.29. The Balaban J connectivity index is 2.30. The van der Waals surface area contributed by atoms with Gasteiger partial charge in [-0.05, 0) is 12.3 Å². The van der Waals surface area contributed by atoms with Crippen LogP contribution in [-0.2, 0) is 5.75 Å². The van der Waals surface area contributed by atoms with Crippen molar-refractivity contribution in [2.75, 3.05) is 32.2 Å². The molecule has 0 N–H and O–H groups in total. The number of pyridine rings is 1. The van der Waals surface area contributed by atoms with Crippen LogP contribution in [0.1, 0.15) is 5.69 Å². The Kier molecular flexibility index (Phi) is 8.05. The van der Waals surface area contributed by atoms with E-state index in [2.05, 4.69) is 9.98 Å². The maximum Gasteiger partial charge on any atom is 0.250 e. The minimum atomic E-state index is -0.358. The molecule has 0 aliphatic heterocycles. The summed E-state index contributed by atoms with van der Waals surface area (Å²) in [6.45, 7) is 0.391. The van der Waals surface area contributed by atoms with E-state index in [0.717, 1.165) is 22.9 Å². The van der Waals surface area contributed by atoms with Crippen LogP contribution in [-0.4, -0.2) is 47.2 Å². The second-order valence-corrected chi connectivity index (χ2v) is 5.69. The van der Waals surface area contributed by atoms with Crippen LogP contribution in [0.4, 0.5) is 0 Å². The van der Waals surface area contributed by atoms with Gasteiger partial charge in [-0.1, -0.05) is 0 Å². The lowest BCUT2D eigenvalue weighted by atomic mass is 10.3. The van der Waals surface area contributed by atoms with Crippen LogP contribution in [0.25, 0.3) is 0 Å². The molecular formula is C12H17N3O3S2. The molecule has 1 rings (SSSR count). The highest BCUT2D eigenvalue weighted by molar-refractivity contribution is 8.13. The summed E-state index contributed by atoms with van der Waals surface area (Å²) in [6, 6.07) is 3.71. The lowest BCUT2D eigenvalue weighted by molar-refractivity contribution is -0.462. The molecule has 6 nitrogen and oxygen atoms in total. The number of hydrogen-bond donors (Lipinski definition) is 0. The number of nitro groups is 1. The highest BCUT2D eigenvalue weighted by Crippen LogP contribution is 2.15. The largest absolute Gasteiger partial charge is 0.497 e. The fraction of sp³-hybridized carbons (Fsp3) is 0.500. The fourth-order valence-electron chi connectivity index (χ4n) is 1.36. The third kappa shape index (κ3) is 6.76. The molecule has 0 spiro atoms. The number of aliphatic imine (C=N–C) groups is 1. The summed E-state index contributed by atoms with van der Waals surface area (Å²) in [4.78, 5) is 18.5. The van der Waals surface area contributed by atoms with Crippen LogP contribution in [0.5, 0.6) is 5.75 Å². The summed E-state index contributed by atoms with van der Waals surface area (Å²) in [5.74, 6) is 2.38. The zero-order valence-corrected chi connectivity index (χ0v) is 13.1. The van der Waals surface area contributed by atoms with Gasteiger partial charge in [0.2, 0.25) is 0 Å². The van der Waals surface area contributed by atoms with Crippen LogP contribution >= 0.6 is 23.5 Å². The van der Waals surface area contributed by atoms with Crippen molar-refractivity contribution >= 4 is 28.6 Å². The van der Waals surface area contributed by atoms with Crippen molar-refractivity contribution in [3.8, 4) is 5.75 Å². The third-order valence-corrected chi connectivity index (χ3v) is 4.00. The van der Waals surface area contributed by atoms with Crippen LogP contribution in [0.3, 0.4) is 0 Å². The Morgan fingerprint density at radius 3 is 3.05 bits per heavy atom. The molecule has 20 heavy (non-hydrogen) atoms. The number of hydrogen-bond acceptors (Lipinski definition) is 7. The van der Waals surface area contributed by atoms with Crippen LogP contribution in [0, 0.1) is 10.1 Å². The maximum atomic E-state index is 10.4. The van der Waals surface area contributed by atoms with E-state index in [-0.39, 0.29) is 11.5 Å². The van der Waals surface area contributed by atoms with E-state index in [0.29, 0.717) is 11.6 Å². The molecule has 110 valence electrons. The summed E-state index contributed by atoms with van der Waals surface area (Å²) in [7, 11) is 1.63. The molecule has 0 saturated carbocycles. The zero-order chi connectivity index (χ0) is 14.8. The van der Waals surface area contributed by atoms with E-state index < -0.39 is 0 Å². The molecule has 0 aliphatic rings. The van der Waals surface area contributed by atoms with Gasteiger partial charge in [-0.15, -0.1) is 11.8 Å². The summed E-state index contributed by atoms with van der Waals surface area (Å²) in [5, 5.41) is 11.0. The van der Waals surface area contributed by atoms with Gasteiger partial charge in [0.25, 0.3) is 6.54 Å². The Morgan fingerprint density at radius 2 is 2.40 bits per heavy atom. The SMILES string of the molecule is COc1ccnc(CSCCN=C(C[N+](=O)[O-])SC)c1. The van der Waals surface area contributed by atoms with E-state index >= 15 is 0 Å². The van der Waals surface area contributed by atoms with Gasteiger partial charge in [-0.25, -0.2) is 0 Å². The summed E-state index contributed by atoms with van der Waals surface area (Å²) in [5.41, 5.74) is 0.953. The molecule has 8 heteroatoms. The Bertz CT molecular complexity index is 469. The molecule has 0 fully saturated rings. The summed E-state index contributed by atoms with van der Waals surface area (Å²) in [6.07, 6.45) is 3.52. The van der Waals surface area contributed by atoms with Crippen molar-refractivity contribution in [2.24, 2.45) is 4.99 Å². The summed E-state index contributed by atoms with van der Waals surface area (Å²) >= 11 is 3.02. The summed E-state index contributed by atoms with van der Waals surface area (Å²) < 4.78 is 5.13. The molecule has 0 amide bonds. The number of aromatic nitrogens is 1. The number of ether oxygens (including phenoxy) is 1. The standard InChI is InChI=1S/C12H17N3O3S2/c1-18-11-3-4-13-10(7-11)9-20-6-5-14-12(19-2)8-15(16)17/h3-4,7H,5-6,8-9H2,1-2H3. The average molecular weight is 315 g/mol. The molecule has 0 aromatic carbocycles. The highest BCUT2D eigenvalue weighted by Gasteiger charge is 2.05. The van der Waals surface area contributed by atoms with Crippen LogP contribution < -0.4 is 4.74 Å². The predicted octanol–water partition coefficient (Wildman–Crippen LogP) is 2.36. The van der Waals surface area contributed by atoms with Crippen molar-refractivity contribution < 1.29 is 9.66 Å². The van der Waals surface area contributed by atoms with Gasteiger partial charge >= 0.3 is 0 Å². The smallest absolute Gasteiger partial charge is 0.250 e. The predicted molar refractivity (Wildman–Crippen MR) is 84.6 cm³/mol. The molecule has 1 heterocycles. The maximum absolute atomic E-state index is 10.4. The molecule has 0 bridgehead atoms. The van der Waals surface area contributed by atoms with E-state index in [1.54, 1.807) is 37.4 Å². The van der Waals surface area contributed by atoms with E-state index in [1.807, 2.05) is 6.07 Å². The molecule has 1 aromatic rings. The quantitative estimate of drug-likeness (QED) is 0.241. The molecule has 0 unspecified atom stereocenters. The Labute approximate surface area is 126 Å². The van der Waals surface area contributed by atoms with Gasteiger partial charge in [0.1, 0.15) is 10.8 Å². The molecule has 1 aromatic heterocycles. The highest BCUT2D eigenvalue weighted by atomic mass is 32.2. The van der Waals surface area contributed by atoms with E-state index in [9.17, 15) is 10.1 Å². The van der Waals surface area contributed by atoms with E-state index in [1.165, 1.54) is 11.8 Å². The average Bonchev–Trinajstić information content (AvgIpc) is 2.45. The van der Waals surface area contributed by atoms with Gasteiger partial charge in [0.15, 0.2) is 0 Å². The number of rotatable bonds is 8. The normalized spacial score (nSPS) is 11.4. The second-order valence-electron chi connectivity index (χ2n) is 3.71. The number of methoxy groups -OCH3 is 1. The third-order valence-electron chi connectivity index (χ3n) is 2.30. The molecule has 0 atom stereocenters.